The predicted molar refractivity (Wildman–Crippen MR) is 91.7 cm³/mol. The average Bonchev–Trinajstić information content (AvgIpc) is 2.63. The summed E-state index contributed by atoms with van der Waals surface area (Å²) in [6.45, 7) is 0. The third kappa shape index (κ3) is 3.33. The number of nitrogens with zero attached hydrogens (tertiary/aromatic N) is 2. The number of carbonyl (C=O) groups is 1. The first kappa shape index (κ1) is 16.6. The Morgan fingerprint density at radius 1 is 1.20 bits per heavy atom. The number of carbonyl (C=O) groups excluding carboxylic acids is 1. The molecule has 0 aliphatic rings. The summed E-state index contributed by atoms with van der Waals surface area (Å²) in [7, 11) is 1.43. The standard InChI is InChI=1S/C19H16FN3O2/c1-25-18-13(10-12-6-3-2-4-7-12)17(16-8-5-9-22-23-16)15(20)11-14(18)19(21)24/h2-9,11H,10H2,1H3,(H2,21,24). The molecule has 0 atom stereocenters. The maximum absolute atomic E-state index is 14.8. The van der Waals surface area contributed by atoms with Gasteiger partial charge in [-0.15, -0.1) is 0 Å². The van der Waals surface area contributed by atoms with Crippen molar-refractivity contribution in [3.8, 4) is 17.0 Å². The zero-order valence-electron chi connectivity index (χ0n) is 13.6. The number of amides is 1. The van der Waals surface area contributed by atoms with E-state index in [-0.39, 0.29) is 16.9 Å². The maximum Gasteiger partial charge on any atom is 0.252 e. The van der Waals surface area contributed by atoms with Gasteiger partial charge in [0.15, 0.2) is 0 Å². The van der Waals surface area contributed by atoms with Gasteiger partial charge in [0.05, 0.1) is 18.4 Å². The van der Waals surface area contributed by atoms with E-state index in [1.807, 2.05) is 30.3 Å². The van der Waals surface area contributed by atoms with Crippen molar-refractivity contribution < 1.29 is 13.9 Å². The van der Waals surface area contributed by atoms with E-state index in [1.54, 1.807) is 12.1 Å². The smallest absolute Gasteiger partial charge is 0.252 e. The van der Waals surface area contributed by atoms with Gasteiger partial charge in [0.2, 0.25) is 0 Å². The van der Waals surface area contributed by atoms with Gasteiger partial charge in [-0.25, -0.2) is 4.39 Å². The number of ether oxygens (including phenoxy) is 1. The summed E-state index contributed by atoms with van der Waals surface area (Å²) in [5.74, 6) is -1.10. The highest BCUT2D eigenvalue weighted by molar-refractivity contribution is 5.97. The summed E-state index contributed by atoms with van der Waals surface area (Å²) in [6, 6.07) is 13.9. The molecule has 1 amide bonds. The summed E-state index contributed by atoms with van der Waals surface area (Å²) in [5, 5.41) is 7.81. The van der Waals surface area contributed by atoms with E-state index < -0.39 is 11.7 Å². The normalized spacial score (nSPS) is 10.5. The third-order valence-electron chi connectivity index (χ3n) is 3.85. The summed E-state index contributed by atoms with van der Waals surface area (Å²) in [4.78, 5) is 11.7. The Morgan fingerprint density at radius 2 is 1.96 bits per heavy atom. The molecule has 0 fully saturated rings. The minimum atomic E-state index is -0.754. The summed E-state index contributed by atoms with van der Waals surface area (Å²) in [5.41, 5.74) is 7.45. The van der Waals surface area contributed by atoms with Crippen LogP contribution in [0.25, 0.3) is 11.3 Å². The molecule has 0 unspecified atom stereocenters. The Labute approximate surface area is 144 Å². The molecule has 0 aliphatic heterocycles. The zero-order chi connectivity index (χ0) is 17.8. The minimum Gasteiger partial charge on any atom is -0.496 e. The molecule has 2 N–H and O–H groups in total. The van der Waals surface area contributed by atoms with E-state index in [9.17, 15) is 9.18 Å². The van der Waals surface area contributed by atoms with Gasteiger partial charge < -0.3 is 10.5 Å². The molecule has 0 radical (unpaired) electrons. The van der Waals surface area contributed by atoms with Crippen LogP contribution in [0.4, 0.5) is 4.39 Å². The number of hydrogen-bond acceptors (Lipinski definition) is 4. The summed E-state index contributed by atoms with van der Waals surface area (Å²) in [6.07, 6.45) is 1.86. The number of rotatable bonds is 5. The molecule has 1 aromatic heterocycles. The van der Waals surface area contributed by atoms with Crippen molar-refractivity contribution >= 4 is 5.91 Å². The van der Waals surface area contributed by atoms with Crippen molar-refractivity contribution in [2.75, 3.05) is 7.11 Å². The fraction of sp³-hybridized carbons (Fsp3) is 0.105. The molecule has 3 aromatic rings. The van der Waals surface area contributed by atoms with Crippen LogP contribution in [-0.2, 0) is 6.42 Å². The number of benzene rings is 2. The second-order valence-corrected chi connectivity index (χ2v) is 5.43. The molecular formula is C19H16FN3O2. The second-order valence-electron chi connectivity index (χ2n) is 5.43. The lowest BCUT2D eigenvalue weighted by molar-refractivity contribution is 0.0996. The van der Waals surface area contributed by atoms with Gasteiger partial charge in [-0.05, 0) is 23.8 Å². The van der Waals surface area contributed by atoms with Crippen molar-refractivity contribution in [3.63, 3.8) is 0 Å². The topological polar surface area (TPSA) is 78.1 Å². The highest BCUT2D eigenvalue weighted by Crippen LogP contribution is 2.36. The van der Waals surface area contributed by atoms with E-state index in [1.165, 1.54) is 13.3 Å². The lowest BCUT2D eigenvalue weighted by Crippen LogP contribution is -2.15. The van der Waals surface area contributed by atoms with Crippen molar-refractivity contribution in [3.05, 3.63) is 77.2 Å². The van der Waals surface area contributed by atoms with Gasteiger partial charge in [0.25, 0.3) is 5.91 Å². The van der Waals surface area contributed by atoms with Gasteiger partial charge in [0.1, 0.15) is 11.6 Å². The van der Waals surface area contributed by atoms with E-state index in [0.717, 1.165) is 11.6 Å². The van der Waals surface area contributed by atoms with E-state index >= 15 is 0 Å². The molecule has 1 heterocycles. The fourth-order valence-electron chi connectivity index (χ4n) is 2.78. The lowest BCUT2D eigenvalue weighted by atomic mass is 9.93. The van der Waals surface area contributed by atoms with Crippen LogP contribution in [0.1, 0.15) is 21.5 Å². The molecule has 6 heteroatoms. The van der Waals surface area contributed by atoms with Gasteiger partial charge in [-0.1, -0.05) is 30.3 Å². The number of hydrogen-bond donors (Lipinski definition) is 1. The number of primary amides is 1. The van der Waals surface area contributed by atoms with Crippen LogP contribution in [0, 0.1) is 5.82 Å². The quantitative estimate of drug-likeness (QED) is 0.776. The number of halogens is 1. The molecule has 0 bridgehead atoms. The molecule has 2 aromatic carbocycles. The Kier molecular flexibility index (Phi) is 4.70. The van der Waals surface area contributed by atoms with Gasteiger partial charge in [-0.3, -0.25) is 4.79 Å². The first-order valence-corrected chi connectivity index (χ1v) is 7.63. The lowest BCUT2D eigenvalue weighted by Gasteiger charge is -2.17. The SMILES string of the molecule is COc1c(C(N)=O)cc(F)c(-c2cccnn2)c1Cc1ccccc1. The van der Waals surface area contributed by atoms with Crippen LogP contribution in [0.3, 0.4) is 0 Å². The molecule has 3 rings (SSSR count). The second kappa shape index (κ2) is 7.09. The van der Waals surface area contributed by atoms with Crippen molar-refractivity contribution in [2.45, 2.75) is 6.42 Å². The van der Waals surface area contributed by atoms with Gasteiger partial charge in [0, 0.05) is 23.7 Å². The molecular weight excluding hydrogens is 321 g/mol. The van der Waals surface area contributed by atoms with Crippen LogP contribution in [0.2, 0.25) is 0 Å². The molecule has 5 nitrogen and oxygen atoms in total. The Morgan fingerprint density at radius 3 is 2.56 bits per heavy atom. The fourth-order valence-corrected chi connectivity index (χ4v) is 2.78. The summed E-state index contributed by atoms with van der Waals surface area (Å²) >= 11 is 0. The Hall–Kier alpha value is -3.28. The van der Waals surface area contributed by atoms with Crippen LogP contribution in [0.5, 0.6) is 5.75 Å². The van der Waals surface area contributed by atoms with Gasteiger partial charge >= 0.3 is 0 Å². The molecule has 0 spiro atoms. The molecule has 0 saturated heterocycles. The van der Waals surface area contributed by atoms with Crippen LogP contribution in [-0.4, -0.2) is 23.2 Å². The van der Waals surface area contributed by atoms with E-state index in [2.05, 4.69) is 10.2 Å². The number of aromatic nitrogens is 2. The van der Waals surface area contributed by atoms with Crippen LogP contribution < -0.4 is 10.5 Å². The van der Waals surface area contributed by atoms with E-state index in [0.29, 0.717) is 17.7 Å². The van der Waals surface area contributed by atoms with Crippen LogP contribution >= 0.6 is 0 Å². The Balaban J connectivity index is 2.28. The largest absolute Gasteiger partial charge is 0.496 e. The van der Waals surface area contributed by atoms with Crippen LogP contribution in [0.15, 0.2) is 54.7 Å². The molecule has 0 aliphatic carbocycles. The highest BCUT2D eigenvalue weighted by atomic mass is 19.1. The Bertz CT molecular complexity index is 900. The average molecular weight is 337 g/mol. The van der Waals surface area contributed by atoms with Crippen molar-refractivity contribution in [2.24, 2.45) is 5.73 Å². The zero-order valence-corrected chi connectivity index (χ0v) is 13.6. The minimum absolute atomic E-state index is 0.00132. The summed E-state index contributed by atoms with van der Waals surface area (Å²) < 4.78 is 20.3. The van der Waals surface area contributed by atoms with Crippen molar-refractivity contribution in [1.29, 1.82) is 0 Å². The predicted octanol–water partition coefficient (Wildman–Crippen LogP) is 2.98. The molecule has 25 heavy (non-hydrogen) atoms. The van der Waals surface area contributed by atoms with E-state index in [4.69, 9.17) is 10.5 Å². The molecule has 126 valence electrons. The monoisotopic (exact) mass is 337 g/mol. The highest BCUT2D eigenvalue weighted by Gasteiger charge is 2.23. The first-order valence-electron chi connectivity index (χ1n) is 7.63. The third-order valence-corrected chi connectivity index (χ3v) is 3.85. The number of nitrogens with two attached hydrogens (primary N) is 1. The first-order chi connectivity index (χ1) is 12.1. The van der Waals surface area contributed by atoms with Gasteiger partial charge in [-0.2, -0.15) is 10.2 Å². The molecule has 0 saturated carbocycles. The maximum atomic E-state index is 14.8. The van der Waals surface area contributed by atoms with Crippen molar-refractivity contribution in [1.82, 2.24) is 10.2 Å². The number of methoxy groups -OCH3 is 1.